The lowest BCUT2D eigenvalue weighted by molar-refractivity contribution is -0.146. The van der Waals surface area contributed by atoms with E-state index in [4.69, 9.17) is 13.8 Å². The lowest BCUT2D eigenvalue weighted by atomic mass is 10.0. The predicted octanol–water partition coefficient (Wildman–Crippen LogP) is 5.68. The van der Waals surface area contributed by atoms with Crippen molar-refractivity contribution in [3.63, 3.8) is 0 Å². The second-order valence-corrected chi connectivity index (χ2v) is 10.4. The first-order chi connectivity index (χ1) is 16.4. The van der Waals surface area contributed by atoms with Crippen molar-refractivity contribution in [2.75, 3.05) is 14.2 Å². The fraction of sp³-hybridized carbons (Fsp3) is 0.296. The third-order valence-electron chi connectivity index (χ3n) is 5.65. The molecule has 6 nitrogen and oxygen atoms in total. The van der Waals surface area contributed by atoms with Gasteiger partial charge >= 0.3 is 13.6 Å². The highest BCUT2D eigenvalue weighted by molar-refractivity contribution is 7.54. The molecule has 180 valence electrons. The molecule has 0 fully saturated rings. The first-order valence-electron chi connectivity index (χ1n) is 11.2. The summed E-state index contributed by atoms with van der Waals surface area (Å²) in [6.45, 7) is 2.41. The molecule has 0 bridgehead atoms. The largest absolute Gasteiger partial charge is 0.448 e. The molecule has 0 unspecified atom stereocenters. The number of hydrogen-bond acceptors (Lipinski definition) is 6. The van der Waals surface area contributed by atoms with Crippen molar-refractivity contribution in [1.82, 2.24) is 4.90 Å². The van der Waals surface area contributed by atoms with E-state index in [1.165, 1.54) is 21.1 Å². The van der Waals surface area contributed by atoms with Crippen molar-refractivity contribution in [2.45, 2.75) is 38.3 Å². The number of ether oxygens (including phenoxy) is 1. The van der Waals surface area contributed by atoms with Crippen LogP contribution in [0.25, 0.3) is 0 Å². The van der Waals surface area contributed by atoms with Crippen LogP contribution >= 0.6 is 7.60 Å². The molecule has 0 aliphatic heterocycles. The SMILES string of the molecule is COP(=O)(OC)[C@@H](OC(C)=O)[C@H](Cc1ccccc1)N(Cc1ccccc1)Cc1ccccc1. The van der Waals surface area contributed by atoms with Gasteiger partial charge in [0, 0.05) is 34.2 Å². The van der Waals surface area contributed by atoms with E-state index in [1.54, 1.807) is 0 Å². The van der Waals surface area contributed by atoms with Gasteiger partial charge in [-0.25, -0.2) is 0 Å². The molecule has 0 spiro atoms. The molecule has 0 saturated carbocycles. The van der Waals surface area contributed by atoms with Crippen LogP contribution in [0.3, 0.4) is 0 Å². The average molecular weight is 482 g/mol. The maximum atomic E-state index is 13.7. The lowest BCUT2D eigenvalue weighted by Gasteiger charge is -2.38. The molecule has 0 aliphatic carbocycles. The zero-order chi connectivity index (χ0) is 24.4. The van der Waals surface area contributed by atoms with Gasteiger partial charge in [0.05, 0.1) is 6.04 Å². The van der Waals surface area contributed by atoms with Crippen molar-refractivity contribution in [3.8, 4) is 0 Å². The Hall–Kier alpha value is -2.76. The van der Waals surface area contributed by atoms with Crippen molar-refractivity contribution < 1.29 is 23.1 Å². The van der Waals surface area contributed by atoms with E-state index in [0.717, 1.165) is 16.7 Å². The van der Waals surface area contributed by atoms with Crippen molar-refractivity contribution in [1.29, 1.82) is 0 Å². The summed E-state index contributed by atoms with van der Waals surface area (Å²) in [4.78, 5) is 14.3. The molecular weight excluding hydrogens is 449 g/mol. The van der Waals surface area contributed by atoms with E-state index in [1.807, 2.05) is 91.0 Å². The molecule has 3 aromatic rings. The summed E-state index contributed by atoms with van der Waals surface area (Å²) < 4.78 is 30.1. The predicted molar refractivity (Wildman–Crippen MR) is 133 cm³/mol. The van der Waals surface area contributed by atoms with Gasteiger partial charge in [-0.15, -0.1) is 0 Å². The van der Waals surface area contributed by atoms with Crippen LogP contribution in [0.1, 0.15) is 23.6 Å². The number of carbonyl (C=O) groups is 1. The van der Waals surface area contributed by atoms with Gasteiger partial charge in [-0.1, -0.05) is 91.0 Å². The number of esters is 1. The highest BCUT2D eigenvalue weighted by Gasteiger charge is 2.45. The minimum atomic E-state index is -3.79. The zero-order valence-corrected chi connectivity index (χ0v) is 20.8. The molecule has 3 rings (SSSR count). The van der Waals surface area contributed by atoms with Gasteiger partial charge in [0.25, 0.3) is 0 Å². The smallest absolute Gasteiger partial charge is 0.372 e. The van der Waals surface area contributed by atoms with Crippen molar-refractivity contribution in [2.24, 2.45) is 0 Å². The van der Waals surface area contributed by atoms with Crippen LogP contribution < -0.4 is 0 Å². The van der Waals surface area contributed by atoms with Crippen LogP contribution in [-0.4, -0.2) is 37.0 Å². The molecule has 0 amide bonds. The second-order valence-electron chi connectivity index (χ2n) is 8.04. The van der Waals surface area contributed by atoms with E-state index in [9.17, 15) is 9.36 Å². The van der Waals surface area contributed by atoms with Gasteiger partial charge in [-0.05, 0) is 23.1 Å². The minimum Gasteiger partial charge on any atom is -0.448 e. The van der Waals surface area contributed by atoms with Gasteiger partial charge in [0.15, 0.2) is 0 Å². The quantitative estimate of drug-likeness (QED) is 0.245. The van der Waals surface area contributed by atoms with E-state index in [2.05, 4.69) is 4.90 Å². The molecule has 0 radical (unpaired) electrons. The number of rotatable bonds is 12. The molecule has 0 N–H and O–H groups in total. The average Bonchev–Trinajstić information content (AvgIpc) is 2.87. The Labute approximate surface area is 202 Å². The zero-order valence-electron chi connectivity index (χ0n) is 19.9. The van der Waals surface area contributed by atoms with Gasteiger partial charge in [-0.2, -0.15) is 0 Å². The Bertz CT molecular complexity index is 1010. The molecule has 0 heterocycles. The molecular formula is C27H32NO5P. The second kappa shape index (κ2) is 12.6. The lowest BCUT2D eigenvalue weighted by Crippen LogP contribution is -2.46. The first kappa shape index (κ1) is 25.9. The van der Waals surface area contributed by atoms with Crippen molar-refractivity contribution in [3.05, 3.63) is 108 Å². The maximum Gasteiger partial charge on any atom is 0.372 e. The molecule has 3 aromatic carbocycles. The third kappa shape index (κ3) is 7.12. The topological polar surface area (TPSA) is 65.1 Å². The molecule has 2 atom stereocenters. The van der Waals surface area contributed by atoms with Crippen LogP contribution in [0.5, 0.6) is 0 Å². The van der Waals surface area contributed by atoms with Crippen LogP contribution in [0, 0.1) is 0 Å². The van der Waals surface area contributed by atoms with Gasteiger partial charge in [-0.3, -0.25) is 14.3 Å². The first-order valence-corrected chi connectivity index (χ1v) is 12.8. The summed E-state index contributed by atoms with van der Waals surface area (Å²) in [6, 6.07) is 29.5. The third-order valence-corrected chi connectivity index (χ3v) is 7.74. The van der Waals surface area contributed by atoms with E-state index >= 15 is 0 Å². The summed E-state index contributed by atoms with van der Waals surface area (Å²) in [7, 11) is -1.15. The van der Waals surface area contributed by atoms with Crippen LogP contribution in [0.15, 0.2) is 91.0 Å². The Morgan fingerprint density at radius 2 is 1.18 bits per heavy atom. The van der Waals surface area contributed by atoms with Crippen molar-refractivity contribution >= 4 is 13.6 Å². The van der Waals surface area contributed by atoms with E-state index < -0.39 is 25.5 Å². The number of carbonyl (C=O) groups excluding carboxylic acids is 1. The summed E-state index contributed by atoms with van der Waals surface area (Å²) in [6.07, 6.45) is 0.481. The fourth-order valence-corrected chi connectivity index (χ4v) is 5.56. The fourth-order valence-electron chi connectivity index (χ4n) is 4.00. The highest BCUT2D eigenvalue weighted by Crippen LogP contribution is 2.54. The summed E-state index contributed by atoms with van der Waals surface area (Å²) in [5.74, 6) is -1.66. The Morgan fingerprint density at radius 1 is 0.765 bits per heavy atom. The summed E-state index contributed by atoms with van der Waals surface area (Å²) >= 11 is 0. The van der Waals surface area contributed by atoms with Crippen LogP contribution in [-0.2, 0) is 42.7 Å². The monoisotopic (exact) mass is 481 g/mol. The Morgan fingerprint density at radius 3 is 1.56 bits per heavy atom. The number of nitrogens with zero attached hydrogens (tertiary/aromatic N) is 1. The summed E-state index contributed by atoms with van der Waals surface area (Å²) in [5.41, 5.74) is 3.19. The van der Waals surface area contributed by atoms with Gasteiger partial charge in [0.1, 0.15) is 0 Å². The van der Waals surface area contributed by atoms with Gasteiger partial charge < -0.3 is 13.8 Å². The van der Waals surface area contributed by atoms with E-state index in [0.29, 0.717) is 19.5 Å². The Balaban J connectivity index is 2.10. The standard InChI is InChI=1S/C27H32NO5P/c1-22(29)33-27(34(30,31-2)32-3)26(19-23-13-7-4-8-14-23)28(20-24-15-9-5-10-16-24)21-25-17-11-6-12-18-25/h4-18,26-27H,19-21H2,1-3H3/t26-,27+/m0/s1. The highest BCUT2D eigenvalue weighted by atomic mass is 31.2. The van der Waals surface area contributed by atoms with Crippen LogP contribution in [0.4, 0.5) is 0 Å². The normalized spacial score (nSPS) is 13.4. The summed E-state index contributed by atoms with van der Waals surface area (Å²) in [5, 5.41) is 0. The number of benzene rings is 3. The van der Waals surface area contributed by atoms with Gasteiger partial charge in [0.2, 0.25) is 5.85 Å². The van der Waals surface area contributed by atoms with E-state index in [-0.39, 0.29) is 0 Å². The molecule has 0 saturated heterocycles. The minimum absolute atomic E-state index is 0.481. The number of hydrogen-bond donors (Lipinski definition) is 0. The molecule has 7 heteroatoms. The van der Waals surface area contributed by atoms with Crippen LogP contribution in [0.2, 0.25) is 0 Å². The molecule has 0 aromatic heterocycles. The molecule has 0 aliphatic rings. The molecule has 34 heavy (non-hydrogen) atoms. The maximum absolute atomic E-state index is 13.7. The Kier molecular flexibility index (Phi) is 9.61.